The molecule has 6 nitrogen and oxygen atoms in total. The van der Waals surface area contributed by atoms with Gasteiger partial charge < -0.3 is 10.2 Å². The van der Waals surface area contributed by atoms with Gasteiger partial charge in [0.25, 0.3) is 0 Å². The van der Waals surface area contributed by atoms with Crippen molar-refractivity contribution in [2.24, 2.45) is 5.92 Å². The normalized spacial score (nSPS) is 27.8. The Morgan fingerprint density at radius 3 is 3.00 bits per heavy atom. The van der Waals surface area contributed by atoms with E-state index in [0.29, 0.717) is 6.04 Å². The average Bonchev–Trinajstić information content (AvgIpc) is 3.14. The first-order chi connectivity index (χ1) is 10.3. The van der Waals surface area contributed by atoms with Gasteiger partial charge in [0.2, 0.25) is 0 Å². The lowest BCUT2D eigenvalue weighted by molar-refractivity contribution is 0.255. The Morgan fingerprint density at radius 2 is 2.14 bits per heavy atom. The second-order valence-corrected chi connectivity index (χ2v) is 6.14. The molecule has 4 rings (SSSR count). The van der Waals surface area contributed by atoms with Crippen LogP contribution >= 0.6 is 0 Å². The zero-order valence-corrected chi connectivity index (χ0v) is 12.2. The minimum absolute atomic E-state index is 0.589. The van der Waals surface area contributed by atoms with Gasteiger partial charge in [-0.15, -0.1) is 5.10 Å². The van der Waals surface area contributed by atoms with Crippen LogP contribution in [0.1, 0.15) is 18.4 Å². The summed E-state index contributed by atoms with van der Waals surface area (Å²) in [7, 11) is 0. The summed E-state index contributed by atoms with van der Waals surface area (Å²) in [6, 6.07) is 6.91. The van der Waals surface area contributed by atoms with Crippen LogP contribution in [0, 0.1) is 12.8 Å². The predicted octanol–water partition coefficient (Wildman–Crippen LogP) is 1.48. The quantitative estimate of drug-likeness (QED) is 0.925. The van der Waals surface area contributed by atoms with E-state index >= 15 is 0 Å². The molecule has 3 unspecified atom stereocenters. The lowest BCUT2D eigenvalue weighted by atomic mass is 9.93. The van der Waals surface area contributed by atoms with E-state index in [0.717, 1.165) is 11.6 Å². The molecule has 1 aromatic heterocycles. The van der Waals surface area contributed by atoms with Crippen molar-refractivity contribution in [3.8, 4) is 5.69 Å². The number of hydrogen-bond donors (Lipinski definition) is 1. The van der Waals surface area contributed by atoms with Crippen LogP contribution in [0.15, 0.2) is 24.5 Å². The van der Waals surface area contributed by atoms with Crippen LogP contribution in [0.5, 0.6) is 0 Å². The summed E-state index contributed by atoms with van der Waals surface area (Å²) in [5.41, 5.74) is 3.47. The van der Waals surface area contributed by atoms with Crippen molar-refractivity contribution >= 4 is 5.69 Å². The summed E-state index contributed by atoms with van der Waals surface area (Å²) < 4.78 is 1.70. The number of rotatable bonds is 3. The number of nitrogens with one attached hydrogen (secondary N) is 1. The molecule has 1 N–H and O–H groups in total. The molecule has 2 bridgehead atoms. The van der Waals surface area contributed by atoms with E-state index in [-0.39, 0.29) is 0 Å². The molecular formula is C15H20N6. The fraction of sp³-hybridized carbons (Fsp3) is 0.533. The zero-order valence-electron chi connectivity index (χ0n) is 12.2. The van der Waals surface area contributed by atoms with E-state index in [2.05, 4.69) is 50.9 Å². The van der Waals surface area contributed by atoms with Gasteiger partial charge in [-0.05, 0) is 60.4 Å². The smallest absolute Gasteiger partial charge is 0.143 e. The van der Waals surface area contributed by atoms with Crippen LogP contribution in [0.2, 0.25) is 0 Å². The van der Waals surface area contributed by atoms with Gasteiger partial charge in [0, 0.05) is 24.8 Å². The average molecular weight is 284 g/mol. The minimum Gasteiger partial charge on any atom is -0.382 e. The maximum atomic E-state index is 3.96. The summed E-state index contributed by atoms with van der Waals surface area (Å²) in [6.45, 7) is 5.89. The Bertz CT molecular complexity index is 623. The van der Waals surface area contributed by atoms with Crippen LogP contribution in [0.25, 0.3) is 5.69 Å². The molecule has 3 heterocycles. The molecule has 0 spiro atoms. The number of piperidine rings is 1. The topological polar surface area (TPSA) is 58.9 Å². The van der Waals surface area contributed by atoms with Crippen molar-refractivity contribution in [2.45, 2.75) is 25.8 Å². The van der Waals surface area contributed by atoms with Gasteiger partial charge in [0.1, 0.15) is 6.33 Å². The van der Waals surface area contributed by atoms with Gasteiger partial charge in [-0.2, -0.15) is 0 Å². The monoisotopic (exact) mass is 284 g/mol. The highest BCUT2D eigenvalue weighted by atomic mass is 15.5. The molecule has 0 saturated carbocycles. The zero-order chi connectivity index (χ0) is 14.2. The molecule has 6 heteroatoms. The highest BCUT2D eigenvalue weighted by Gasteiger charge is 2.34. The molecule has 0 amide bonds. The molecule has 2 saturated heterocycles. The van der Waals surface area contributed by atoms with Crippen LogP contribution in [-0.2, 0) is 0 Å². The Labute approximate surface area is 124 Å². The van der Waals surface area contributed by atoms with Gasteiger partial charge in [-0.25, -0.2) is 4.68 Å². The Kier molecular flexibility index (Phi) is 3.11. The van der Waals surface area contributed by atoms with Crippen LogP contribution in [0.3, 0.4) is 0 Å². The number of benzene rings is 1. The third-order valence-corrected chi connectivity index (χ3v) is 4.81. The van der Waals surface area contributed by atoms with E-state index in [4.69, 9.17) is 0 Å². The van der Waals surface area contributed by atoms with Crippen LogP contribution < -0.4 is 5.32 Å². The number of aryl methyl sites for hydroxylation is 1. The molecule has 0 aliphatic carbocycles. The van der Waals surface area contributed by atoms with Gasteiger partial charge in [0.05, 0.1) is 5.69 Å². The van der Waals surface area contributed by atoms with Crippen molar-refractivity contribution in [3.63, 3.8) is 0 Å². The largest absolute Gasteiger partial charge is 0.382 e. The molecule has 2 aliphatic rings. The Morgan fingerprint density at radius 1 is 1.24 bits per heavy atom. The van der Waals surface area contributed by atoms with E-state index in [1.165, 1.54) is 43.7 Å². The molecular weight excluding hydrogens is 264 g/mol. The standard InChI is InChI=1S/C15H20N6/c1-11-2-3-13(21-10-16-18-19-21)8-15(11)17-14-5-7-20-6-4-12(14)9-20/h2-3,8,10,12,14,17H,4-7,9H2,1H3. The molecule has 2 fully saturated rings. The van der Waals surface area contributed by atoms with Crippen molar-refractivity contribution in [1.29, 1.82) is 0 Å². The highest BCUT2D eigenvalue weighted by molar-refractivity contribution is 5.57. The lowest BCUT2D eigenvalue weighted by Gasteiger charge is -2.32. The molecule has 2 aliphatic heterocycles. The van der Waals surface area contributed by atoms with E-state index in [9.17, 15) is 0 Å². The highest BCUT2D eigenvalue weighted by Crippen LogP contribution is 2.30. The first-order valence-corrected chi connectivity index (χ1v) is 7.62. The SMILES string of the molecule is Cc1ccc(-n2cnnn2)cc1NC1CCN2CCC1C2. The predicted molar refractivity (Wildman–Crippen MR) is 80.5 cm³/mol. The molecule has 110 valence electrons. The second kappa shape index (κ2) is 5.11. The number of fused-ring (bicyclic) bond motifs is 2. The van der Waals surface area contributed by atoms with Gasteiger partial charge >= 0.3 is 0 Å². The van der Waals surface area contributed by atoms with Crippen molar-refractivity contribution in [3.05, 3.63) is 30.1 Å². The van der Waals surface area contributed by atoms with Gasteiger partial charge in [-0.3, -0.25) is 0 Å². The molecule has 0 radical (unpaired) electrons. The fourth-order valence-electron chi connectivity index (χ4n) is 3.53. The minimum atomic E-state index is 0.589. The van der Waals surface area contributed by atoms with E-state index < -0.39 is 0 Å². The maximum Gasteiger partial charge on any atom is 0.143 e. The van der Waals surface area contributed by atoms with Crippen LogP contribution in [-0.4, -0.2) is 50.8 Å². The molecule has 21 heavy (non-hydrogen) atoms. The van der Waals surface area contributed by atoms with Crippen LogP contribution in [0.4, 0.5) is 5.69 Å². The maximum absolute atomic E-state index is 3.96. The summed E-state index contributed by atoms with van der Waals surface area (Å²) in [5.74, 6) is 0.787. The lowest BCUT2D eigenvalue weighted by Crippen LogP contribution is -2.39. The summed E-state index contributed by atoms with van der Waals surface area (Å²) in [6.07, 6.45) is 4.19. The summed E-state index contributed by atoms with van der Waals surface area (Å²) in [4.78, 5) is 2.58. The molecule has 3 atom stereocenters. The third kappa shape index (κ3) is 2.40. The molecule has 2 aromatic rings. The van der Waals surface area contributed by atoms with Crippen molar-refractivity contribution < 1.29 is 0 Å². The first kappa shape index (κ1) is 12.8. The fourth-order valence-corrected chi connectivity index (χ4v) is 3.53. The molecule has 1 aromatic carbocycles. The second-order valence-electron chi connectivity index (χ2n) is 6.14. The van der Waals surface area contributed by atoms with Gasteiger partial charge in [0.15, 0.2) is 0 Å². The van der Waals surface area contributed by atoms with Gasteiger partial charge in [-0.1, -0.05) is 6.07 Å². The summed E-state index contributed by atoms with van der Waals surface area (Å²) >= 11 is 0. The first-order valence-electron chi connectivity index (χ1n) is 7.62. The Hall–Kier alpha value is -1.95. The van der Waals surface area contributed by atoms with E-state index in [1.54, 1.807) is 11.0 Å². The number of tetrazole rings is 1. The van der Waals surface area contributed by atoms with Crippen molar-refractivity contribution in [1.82, 2.24) is 25.1 Å². The summed E-state index contributed by atoms with van der Waals surface area (Å²) in [5, 5.41) is 15.1. The number of aromatic nitrogens is 4. The third-order valence-electron chi connectivity index (χ3n) is 4.81. The van der Waals surface area contributed by atoms with Crippen molar-refractivity contribution in [2.75, 3.05) is 25.0 Å². The number of anilines is 1. The Balaban J connectivity index is 1.58. The number of hydrogen-bond acceptors (Lipinski definition) is 5. The number of nitrogens with zero attached hydrogens (tertiary/aromatic N) is 5. The van der Waals surface area contributed by atoms with E-state index in [1.807, 2.05) is 0 Å².